The Morgan fingerprint density at radius 1 is 1.21 bits per heavy atom. The van der Waals surface area contributed by atoms with Gasteiger partial charge in [-0.25, -0.2) is 9.67 Å². The van der Waals surface area contributed by atoms with Crippen LogP contribution in [0.15, 0.2) is 66.1 Å². The van der Waals surface area contributed by atoms with Crippen molar-refractivity contribution in [3.63, 3.8) is 0 Å². The number of nitrogens with zero attached hydrogens (tertiary/aromatic N) is 3. The van der Waals surface area contributed by atoms with E-state index in [1.807, 2.05) is 24.3 Å². The van der Waals surface area contributed by atoms with Crippen LogP contribution in [0, 0.1) is 0 Å². The number of hydrogen-bond donors (Lipinski definition) is 2. The van der Waals surface area contributed by atoms with Gasteiger partial charge < -0.3 is 15.0 Å². The van der Waals surface area contributed by atoms with E-state index in [0.717, 1.165) is 11.3 Å². The first-order chi connectivity index (χ1) is 13.7. The Kier molecular flexibility index (Phi) is 4.59. The number of benzene rings is 2. The molecule has 8 nitrogen and oxygen atoms in total. The van der Waals surface area contributed by atoms with Gasteiger partial charge in [0.05, 0.1) is 12.8 Å². The summed E-state index contributed by atoms with van der Waals surface area (Å²) >= 11 is 0. The zero-order valence-electron chi connectivity index (χ0n) is 15.0. The molecule has 0 aliphatic rings. The number of carbonyl (C=O) groups excluding carboxylic acids is 1. The molecule has 0 saturated heterocycles. The Morgan fingerprint density at radius 3 is 2.75 bits per heavy atom. The monoisotopic (exact) mass is 375 g/mol. The first-order valence-corrected chi connectivity index (χ1v) is 8.57. The molecule has 0 fully saturated rings. The van der Waals surface area contributed by atoms with Gasteiger partial charge in [0.25, 0.3) is 5.91 Å². The molecule has 1 amide bonds. The van der Waals surface area contributed by atoms with Crippen LogP contribution in [-0.4, -0.2) is 32.8 Å². The predicted molar refractivity (Wildman–Crippen MR) is 104 cm³/mol. The topological polar surface area (TPSA) is 102 Å². The third-order valence-electron chi connectivity index (χ3n) is 4.41. The molecule has 140 valence electrons. The number of ether oxygens (including phenoxy) is 1. The van der Waals surface area contributed by atoms with Crippen LogP contribution in [0.1, 0.15) is 15.9 Å². The molecule has 0 aliphatic carbocycles. The van der Waals surface area contributed by atoms with Crippen molar-refractivity contribution >= 4 is 16.8 Å². The van der Waals surface area contributed by atoms with Crippen molar-refractivity contribution in [1.82, 2.24) is 25.1 Å². The third-order valence-corrected chi connectivity index (χ3v) is 4.41. The second-order valence-electron chi connectivity index (χ2n) is 6.13. The van der Waals surface area contributed by atoms with Crippen molar-refractivity contribution in [1.29, 1.82) is 0 Å². The lowest BCUT2D eigenvalue weighted by molar-refractivity contribution is 0.0949. The average molecular weight is 375 g/mol. The molecule has 0 spiro atoms. The Hall–Kier alpha value is -3.94. The second-order valence-corrected chi connectivity index (χ2v) is 6.13. The largest absolute Gasteiger partial charge is 0.497 e. The summed E-state index contributed by atoms with van der Waals surface area (Å²) in [5, 5.41) is 7.25. The van der Waals surface area contributed by atoms with Crippen molar-refractivity contribution in [3.8, 4) is 11.4 Å². The van der Waals surface area contributed by atoms with Gasteiger partial charge in [0.1, 0.15) is 24.0 Å². The molecule has 28 heavy (non-hydrogen) atoms. The molecule has 4 rings (SSSR count). The summed E-state index contributed by atoms with van der Waals surface area (Å²) in [6.45, 7) is 0.298. The van der Waals surface area contributed by atoms with Crippen LogP contribution in [0.4, 0.5) is 0 Å². The molecule has 2 heterocycles. The van der Waals surface area contributed by atoms with Crippen LogP contribution in [0.5, 0.6) is 5.75 Å². The van der Waals surface area contributed by atoms with Crippen molar-refractivity contribution in [2.75, 3.05) is 7.11 Å². The molecule has 2 aromatic carbocycles. The lowest BCUT2D eigenvalue weighted by atomic mass is 10.1. The standard InChI is InChI=1S/C20H17N5O3/c1-28-15-6-7-18-16(8-15)19(26)17(10-22-18)20(27)23-9-13-2-4-14(5-3-13)25-12-21-11-24-25/h2-8,10-12H,9H2,1H3,(H,22,26)(H,23,27). The zero-order chi connectivity index (χ0) is 19.5. The van der Waals surface area contributed by atoms with Gasteiger partial charge in [0.2, 0.25) is 5.43 Å². The molecule has 0 unspecified atom stereocenters. The normalized spacial score (nSPS) is 10.8. The molecule has 4 aromatic rings. The fourth-order valence-electron chi connectivity index (χ4n) is 2.88. The van der Waals surface area contributed by atoms with E-state index in [9.17, 15) is 9.59 Å². The first kappa shape index (κ1) is 17.5. The van der Waals surface area contributed by atoms with Crippen molar-refractivity contribution in [3.05, 3.63) is 82.7 Å². The van der Waals surface area contributed by atoms with Gasteiger partial charge in [-0.15, -0.1) is 0 Å². The van der Waals surface area contributed by atoms with Crippen LogP contribution < -0.4 is 15.5 Å². The van der Waals surface area contributed by atoms with Gasteiger partial charge in [-0.3, -0.25) is 9.59 Å². The van der Waals surface area contributed by atoms with Gasteiger partial charge in [0, 0.05) is 23.6 Å². The molecule has 8 heteroatoms. The first-order valence-electron chi connectivity index (χ1n) is 8.57. The fourth-order valence-corrected chi connectivity index (χ4v) is 2.88. The van der Waals surface area contributed by atoms with E-state index in [0.29, 0.717) is 23.2 Å². The van der Waals surface area contributed by atoms with E-state index in [2.05, 4.69) is 20.4 Å². The van der Waals surface area contributed by atoms with Gasteiger partial charge in [-0.2, -0.15) is 5.10 Å². The molecule has 0 saturated carbocycles. The molecule has 0 aliphatic heterocycles. The van der Waals surface area contributed by atoms with Gasteiger partial charge in [-0.05, 0) is 35.9 Å². The SMILES string of the molecule is COc1ccc2[nH]cc(C(=O)NCc3ccc(-n4cncn4)cc3)c(=O)c2c1. The van der Waals surface area contributed by atoms with E-state index >= 15 is 0 Å². The third kappa shape index (κ3) is 3.35. The quantitative estimate of drug-likeness (QED) is 0.556. The number of aromatic amines is 1. The number of amides is 1. The van der Waals surface area contributed by atoms with Crippen LogP contribution >= 0.6 is 0 Å². The summed E-state index contributed by atoms with van der Waals surface area (Å²) in [7, 11) is 1.53. The lowest BCUT2D eigenvalue weighted by Gasteiger charge is -2.08. The molecule has 2 aromatic heterocycles. The number of methoxy groups -OCH3 is 1. The Labute approximate surface area is 159 Å². The molecule has 2 N–H and O–H groups in total. The van der Waals surface area contributed by atoms with Crippen molar-refractivity contribution < 1.29 is 9.53 Å². The summed E-state index contributed by atoms with van der Waals surface area (Å²) in [6, 6.07) is 12.6. The van der Waals surface area contributed by atoms with E-state index < -0.39 is 5.91 Å². The van der Waals surface area contributed by atoms with Crippen LogP contribution in [0.3, 0.4) is 0 Å². The number of aromatic nitrogens is 4. The number of nitrogens with one attached hydrogen (secondary N) is 2. The summed E-state index contributed by atoms with van der Waals surface area (Å²) in [5.74, 6) is 0.120. The van der Waals surface area contributed by atoms with E-state index in [1.165, 1.54) is 19.6 Å². The minimum atomic E-state index is -0.439. The van der Waals surface area contributed by atoms with E-state index in [1.54, 1.807) is 29.2 Å². The molecular weight excluding hydrogens is 358 g/mol. The predicted octanol–water partition coefficient (Wildman–Crippen LogP) is 2.05. The Balaban J connectivity index is 1.50. The minimum Gasteiger partial charge on any atom is -0.497 e. The molecule has 0 atom stereocenters. The Bertz CT molecular complexity index is 1180. The van der Waals surface area contributed by atoms with Gasteiger partial charge in [0.15, 0.2) is 0 Å². The summed E-state index contributed by atoms with van der Waals surface area (Å²) in [4.78, 5) is 32.1. The summed E-state index contributed by atoms with van der Waals surface area (Å²) in [6.07, 6.45) is 4.50. The highest BCUT2D eigenvalue weighted by Crippen LogP contribution is 2.16. The lowest BCUT2D eigenvalue weighted by Crippen LogP contribution is -2.28. The zero-order valence-corrected chi connectivity index (χ0v) is 15.0. The van der Waals surface area contributed by atoms with Gasteiger partial charge >= 0.3 is 0 Å². The summed E-state index contributed by atoms with van der Waals surface area (Å²) in [5.41, 5.74) is 2.13. The number of rotatable bonds is 5. The summed E-state index contributed by atoms with van der Waals surface area (Å²) < 4.78 is 6.80. The number of fused-ring (bicyclic) bond motifs is 1. The number of hydrogen-bond acceptors (Lipinski definition) is 5. The number of H-pyrrole nitrogens is 1. The molecule has 0 bridgehead atoms. The van der Waals surface area contributed by atoms with Crippen LogP contribution in [0.25, 0.3) is 16.6 Å². The van der Waals surface area contributed by atoms with Crippen molar-refractivity contribution in [2.45, 2.75) is 6.54 Å². The number of carbonyl (C=O) groups is 1. The van der Waals surface area contributed by atoms with Gasteiger partial charge in [-0.1, -0.05) is 12.1 Å². The van der Waals surface area contributed by atoms with E-state index in [4.69, 9.17) is 4.74 Å². The minimum absolute atomic E-state index is 0.0555. The Morgan fingerprint density at radius 2 is 2.04 bits per heavy atom. The highest BCUT2D eigenvalue weighted by atomic mass is 16.5. The van der Waals surface area contributed by atoms with Crippen LogP contribution in [-0.2, 0) is 6.54 Å². The highest BCUT2D eigenvalue weighted by molar-refractivity contribution is 5.97. The van der Waals surface area contributed by atoms with Crippen molar-refractivity contribution in [2.24, 2.45) is 0 Å². The molecule has 0 radical (unpaired) electrons. The smallest absolute Gasteiger partial charge is 0.257 e. The highest BCUT2D eigenvalue weighted by Gasteiger charge is 2.13. The average Bonchev–Trinajstić information content (AvgIpc) is 3.27. The fraction of sp³-hybridized carbons (Fsp3) is 0.100. The number of pyridine rings is 1. The molecular formula is C20H17N5O3. The maximum Gasteiger partial charge on any atom is 0.257 e. The maximum absolute atomic E-state index is 12.7. The second kappa shape index (κ2) is 7.36. The van der Waals surface area contributed by atoms with Crippen LogP contribution in [0.2, 0.25) is 0 Å². The maximum atomic E-state index is 12.7. The van der Waals surface area contributed by atoms with E-state index in [-0.39, 0.29) is 11.0 Å².